The molecule has 0 N–H and O–H groups in total. The van der Waals surface area contributed by atoms with Gasteiger partial charge in [-0.3, -0.25) is 4.79 Å². The van der Waals surface area contributed by atoms with E-state index in [1.165, 1.54) is 0 Å². The molecule has 2 atom stereocenters. The molecule has 2 fully saturated rings. The zero-order chi connectivity index (χ0) is 13.6. The predicted molar refractivity (Wildman–Crippen MR) is 77.0 cm³/mol. The Morgan fingerprint density at radius 3 is 2.53 bits per heavy atom. The van der Waals surface area contributed by atoms with E-state index in [4.69, 9.17) is 11.6 Å². The predicted octanol–water partition coefficient (Wildman–Crippen LogP) is 2.56. The highest BCUT2D eigenvalue weighted by Crippen LogP contribution is 2.39. The number of hydrogen-bond donors (Lipinski definition) is 0. The molecular formula is C14H20ClN3O. The second-order valence-corrected chi connectivity index (χ2v) is 6.54. The number of fused-ring (bicyclic) bond motifs is 2. The normalized spacial score (nSPS) is 30.1. The molecule has 2 aliphatic heterocycles. The Morgan fingerprint density at radius 1 is 1.32 bits per heavy atom. The lowest BCUT2D eigenvalue weighted by Gasteiger charge is -2.37. The smallest absolute Gasteiger partial charge is 0.293 e. The van der Waals surface area contributed by atoms with Gasteiger partial charge in [-0.25, -0.2) is 4.98 Å². The molecule has 104 valence electrons. The molecule has 4 nitrogen and oxygen atoms in total. The summed E-state index contributed by atoms with van der Waals surface area (Å²) >= 11 is 6.29. The molecule has 0 aliphatic carbocycles. The van der Waals surface area contributed by atoms with Gasteiger partial charge in [-0.2, -0.15) is 0 Å². The van der Waals surface area contributed by atoms with Gasteiger partial charge < -0.3 is 9.47 Å². The van der Waals surface area contributed by atoms with Crippen LogP contribution in [0.3, 0.4) is 0 Å². The molecule has 2 unspecified atom stereocenters. The van der Waals surface area contributed by atoms with E-state index in [0.29, 0.717) is 17.9 Å². The van der Waals surface area contributed by atoms with Crippen molar-refractivity contribution < 1.29 is 0 Å². The molecule has 0 spiro atoms. The zero-order valence-electron chi connectivity index (χ0n) is 11.4. The summed E-state index contributed by atoms with van der Waals surface area (Å²) in [5, 5.41) is 0.254. The minimum Gasteiger partial charge on any atom is -0.346 e. The van der Waals surface area contributed by atoms with Gasteiger partial charge in [-0.1, -0.05) is 0 Å². The summed E-state index contributed by atoms with van der Waals surface area (Å²) in [6, 6.07) is 0.950. The van der Waals surface area contributed by atoms with Gasteiger partial charge in [0.25, 0.3) is 5.56 Å². The summed E-state index contributed by atoms with van der Waals surface area (Å²) in [7, 11) is 0. The van der Waals surface area contributed by atoms with Crippen molar-refractivity contribution in [1.82, 2.24) is 9.55 Å². The number of rotatable bonds is 2. The van der Waals surface area contributed by atoms with Gasteiger partial charge in [0.2, 0.25) is 0 Å². The molecular weight excluding hydrogens is 262 g/mol. The van der Waals surface area contributed by atoms with E-state index in [-0.39, 0.29) is 17.0 Å². The lowest BCUT2D eigenvalue weighted by molar-refractivity contribution is 0.464. The Hall–Kier alpha value is -1.03. The van der Waals surface area contributed by atoms with E-state index in [1.54, 1.807) is 17.0 Å². The SMILES string of the molecule is CC(C)n1ccnc(N2C3CCC2CC(Cl)C3)c1=O. The Bertz CT molecular complexity index is 514. The van der Waals surface area contributed by atoms with Crippen LogP contribution in [0.15, 0.2) is 17.2 Å². The second kappa shape index (κ2) is 4.82. The molecule has 1 aromatic rings. The summed E-state index contributed by atoms with van der Waals surface area (Å²) in [6.45, 7) is 4.04. The third kappa shape index (κ3) is 2.16. The first-order valence-electron chi connectivity index (χ1n) is 7.07. The molecule has 3 rings (SSSR count). The van der Waals surface area contributed by atoms with Crippen molar-refractivity contribution in [2.24, 2.45) is 0 Å². The van der Waals surface area contributed by atoms with Crippen LogP contribution in [0.4, 0.5) is 5.82 Å². The van der Waals surface area contributed by atoms with Crippen molar-refractivity contribution in [2.75, 3.05) is 4.90 Å². The van der Waals surface area contributed by atoms with Gasteiger partial charge in [0.05, 0.1) is 0 Å². The standard InChI is InChI=1S/C14H20ClN3O/c1-9(2)17-6-5-16-13(14(17)19)18-11-3-4-12(18)8-10(15)7-11/h5-6,9-12H,3-4,7-8H2,1-2H3. The highest BCUT2D eigenvalue weighted by atomic mass is 35.5. The first kappa shape index (κ1) is 13.0. The van der Waals surface area contributed by atoms with Crippen LogP contribution in [-0.2, 0) is 0 Å². The van der Waals surface area contributed by atoms with E-state index < -0.39 is 0 Å². The first-order valence-corrected chi connectivity index (χ1v) is 7.51. The van der Waals surface area contributed by atoms with Gasteiger partial charge >= 0.3 is 0 Å². The van der Waals surface area contributed by atoms with Gasteiger partial charge in [0, 0.05) is 35.9 Å². The Balaban J connectivity index is 2.00. The number of nitrogens with zero attached hydrogens (tertiary/aromatic N) is 3. The molecule has 2 saturated heterocycles. The summed E-state index contributed by atoms with van der Waals surface area (Å²) in [6.07, 6.45) is 7.71. The molecule has 0 saturated carbocycles. The minimum absolute atomic E-state index is 0.0300. The molecule has 0 radical (unpaired) electrons. The Labute approximate surface area is 118 Å². The van der Waals surface area contributed by atoms with Crippen LogP contribution in [0.25, 0.3) is 0 Å². The number of hydrogen-bond acceptors (Lipinski definition) is 3. The van der Waals surface area contributed by atoms with E-state index >= 15 is 0 Å². The highest BCUT2D eigenvalue weighted by molar-refractivity contribution is 6.20. The number of piperidine rings is 1. The van der Waals surface area contributed by atoms with Crippen LogP contribution in [0.5, 0.6) is 0 Å². The fourth-order valence-electron chi connectivity index (χ4n) is 3.45. The van der Waals surface area contributed by atoms with Crippen LogP contribution >= 0.6 is 11.6 Å². The summed E-state index contributed by atoms with van der Waals surface area (Å²) in [5.74, 6) is 0.618. The third-order valence-electron chi connectivity index (χ3n) is 4.33. The lowest BCUT2D eigenvalue weighted by atomic mass is 10.0. The average molecular weight is 282 g/mol. The summed E-state index contributed by atoms with van der Waals surface area (Å²) in [5.41, 5.74) is 0.0300. The van der Waals surface area contributed by atoms with Crippen LogP contribution in [0, 0.1) is 0 Å². The molecule has 19 heavy (non-hydrogen) atoms. The lowest BCUT2D eigenvalue weighted by Crippen LogP contribution is -2.47. The van der Waals surface area contributed by atoms with E-state index in [0.717, 1.165) is 25.7 Å². The average Bonchev–Trinajstić information content (AvgIpc) is 2.62. The molecule has 2 bridgehead atoms. The molecule has 0 aromatic carbocycles. The maximum Gasteiger partial charge on any atom is 0.293 e. The monoisotopic (exact) mass is 281 g/mol. The highest BCUT2D eigenvalue weighted by Gasteiger charge is 2.41. The van der Waals surface area contributed by atoms with Gasteiger partial charge in [-0.05, 0) is 39.5 Å². The van der Waals surface area contributed by atoms with Gasteiger partial charge in [0.1, 0.15) is 0 Å². The topological polar surface area (TPSA) is 38.1 Å². The van der Waals surface area contributed by atoms with Gasteiger partial charge in [0.15, 0.2) is 5.82 Å². The third-order valence-corrected chi connectivity index (χ3v) is 4.68. The fourth-order valence-corrected chi connectivity index (χ4v) is 3.87. The number of halogens is 1. The molecule has 5 heteroatoms. The van der Waals surface area contributed by atoms with Crippen molar-refractivity contribution in [3.8, 4) is 0 Å². The molecule has 3 heterocycles. The Morgan fingerprint density at radius 2 is 1.95 bits per heavy atom. The number of alkyl halides is 1. The second-order valence-electron chi connectivity index (χ2n) is 5.92. The first-order chi connectivity index (χ1) is 9.08. The minimum atomic E-state index is 0.0300. The fraction of sp³-hybridized carbons (Fsp3) is 0.714. The summed E-state index contributed by atoms with van der Waals surface area (Å²) < 4.78 is 1.76. The van der Waals surface area contributed by atoms with E-state index in [9.17, 15) is 4.79 Å². The number of anilines is 1. The quantitative estimate of drug-likeness (QED) is 0.782. The largest absolute Gasteiger partial charge is 0.346 e. The Kier molecular flexibility index (Phi) is 3.29. The van der Waals surface area contributed by atoms with Gasteiger partial charge in [-0.15, -0.1) is 11.6 Å². The maximum atomic E-state index is 12.5. The summed E-state index contributed by atoms with van der Waals surface area (Å²) in [4.78, 5) is 19.1. The van der Waals surface area contributed by atoms with Crippen LogP contribution < -0.4 is 10.5 Å². The van der Waals surface area contributed by atoms with Crippen molar-refractivity contribution in [3.63, 3.8) is 0 Å². The molecule has 0 amide bonds. The van der Waals surface area contributed by atoms with Crippen LogP contribution in [0.1, 0.15) is 45.6 Å². The van der Waals surface area contributed by atoms with Crippen LogP contribution in [0.2, 0.25) is 0 Å². The molecule has 1 aromatic heterocycles. The number of aromatic nitrogens is 2. The van der Waals surface area contributed by atoms with E-state index in [2.05, 4.69) is 9.88 Å². The zero-order valence-corrected chi connectivity index (χ0v) is 12.2. The van der Waals surface area contributed by atoms with Crippen molar-refractivity contribution in [1.29, 1.82) is 0 Å². The van der Waals surface area contributed by atoms with Crippen molar-refractivity contribution in [3.05, 3.63) is 22.7 Å². The van der Waals surface area contributed by atoms with E-state index in [1.807, 2.05) is 13.8 Å². The van der Waals surface area contributed by atoms with Crippen molar-refractivity contribution in [2.45, 2.75) is 63.0 Å². The van der Waals surface area contributed by atoms with Crippen molar-refractivity contribution >= 4 is 17.4 Å². The maximum absolute atomic E-state index is 12.5. The molecule has 2 aliphatic rings. The van der Waals surface area contributed by atoms with Crippen LogP contribution in [-0.4, -0.2) is 27.0 Å².